The molecule has 0 bridgehead atoms. The second kappa shape index (κ2) is 8.51. The van der Waals surface area contributed by atoms with E-state index in [-0.39, 0.29) is 17.9 Å². The zero-order valence-corrected chi connectivity index (χ0v) is 17.9. The number of benzene rings is 2. The molecule has 2 amide bonds. The second-order valence-corrected chi connectivity index (χ2v) is 8.71. The summed E-state index contributed by atoms with van der Waals surface area (Å²) in [4.78, 5) is 32.4. The van der Waals surface area contributed by atoms with Gasteiger partial charge in [-0.2, -0.15) is 0 Å². The van der Waals surface area contributed by atoms with E-state index in [0.717, 1.165) is 42.8 Å². The monoisotopic (exact) mass is 433 g/mol. The van der Waals surface area contributed by atoms with Crippen molar-refractivity contribution in [1.29, 1.82) is 0 Å². The first-order valence-electron chi connectivity index (χ1n) is 10.6. The molecule has 0 radical (unpaired) electrons. The first kappa shape index (κ1) is 19.8. The third-order valence-electron chi connectivity index (χ3n) is 5.82. The summed E-state index contributed by atoms with van der Waals surface area (Å²) in [5.41, 5.74) is 2.40. The maximum atomic E-state index is 13.2. The molecule has 1 aromatic heterocycles. The largest absolute Gasteiger partial charge is 0.493 e. The van der Waals surface area contributed by atoms with Crippen LogP contribution in [0.2, 0.25) is 0 Å². The molecule has 0 unspecified atom stereocenters. The molecule has 7 heteroatoms. The molecule has 0 aliphatic carbocycles. The van der Waals surface area contributed by atoms with Gasteiger partial charge >= 0.3 is 0 Å². The number of anilines is 1. The van der Waals surface area contributed by atoms with Crippen LogP contribution >= 0.6 is 11.3 Å². The van der Waals surface area contributed by atoms with E-state index in [1.165, 1.54) is 11.3 Å². The number of aromatic nitrogens is 1. The van der Waals surface area contributed by atoms with E-state index >= 15 is 0 Å². The molecule has 2 aliphatic heterocycles. The van der Waals surface area contributed by atoms with E-state index in [1.54, 1.807) is 23.6 Å². The maximum Gasteiger partial charge on any atom is 0.275 e. The van der Waals surface area contributed by atoms with E-state index in [2.05, 4.69) is 10.3 Å². The molecule has 5 rings (SSSR count). The minimum atomic E-state index is -0.298. The van der Waals surface area contributed by atoms with Gasteiger partial charge in [-0.1, -0.05) is 30.3 Å². The lowest BCUT2D eigenvalue weighted by Gasteiger charge is -2.37. The van der Waals surface area contributed by atoms with Gasteiger partial charge in [-0.05, 0) is 37.5 Å². The van der Waals surface area contributed by atoms with Gasteiger partial charge in [0.25, 0.3) is 11.8 Å². The quantitative estimate of drug-likeness (QED) is 0.642. The zero-order chi connectivity index (χ0) is 21.2. The summed E-state index contributed by atoms with van der Waals surface area (Å²) in [5, 5.41) is 5.42. The van der Waals surface area contributed by atoms with Gasteiger partial charge in [-0.25, -0.2) is 4.98 Å². The average Bonchev–Trinajstić information content (AvgIpc) is 3.30. The van der Waals surface area contributed by atoms with Gasteiger partial charge in [0, 0.05) is 35.6 Å². The Balaban J connectivity index is 1.37. The molecule has 0 saturated carbocycles. The number of hydrogen-bond donors (Lipinski definition) is 1. The highest BCUT2D eigenvalue weighted by atomic mass is 32.1. The molecule has 1 N–H and O–H groups in total. The van der Waals surface area contributed by atoms with Crippen molar-refractivity contribution in [3.63, 3.8) is 0 Å². The Labute approximate surface area is 184 Å². The predicted molar refractivity (Wildman–Crippen MR) is 121 cm³/mol. The number of nitrogens with zero attached hydrogens (tertiary/aromatic N) is 2. The number of ether oxygens (including phenoxy) is 1. The molecule has 1 atom stereocenters. The van der Waals surface area contributed by atoms with E-state index < -0.39 is 0 Å². The highest BCUT2D eigenvalue weighted by Crippen LogP contribution is 2.31. The van der Waals surface area contributed by atoms with Gasteiger partial charge in [0.15, 0.2) is 0 Å². The number of carbonyl (C=O) groups is 2. The van der Waals surface area contributed by atoms with E-state index in [4.69, 9.17) is 4.74 Å². The Kier molecular flexibility index (Phi) is 5.42. The SMILES string of the molecule is O=C(Nc1ccc2c(c1)C(=O)N1CCCC[C@@H]1CCO2)c1csc(-c2ccccc2)n1. The van der Waals surface area contributed by atoms with Crippen molar-refractivity contribution in [3.8, 4) is 16.3 Å². The molecular formula is C24H23N3O3S. The summed E-state index contributed by atoms with van der Waals surface area (Å²) in [6.45, 7) is 1.37. The van der Waals surface area contributed by atoms with Crippen LogP contribution in [0.1, 0.15) is 46.5 Å². The van der Waals surface area contributed by atoms with E-state index in [1.807, 2.05) is 35.2 Å². The fraction of sp³-hybridized carbons (Fsp3) is 0.292. The summed E-state index contributed by atoms with van der Waals surface area (Å²) < 4.78 is 5.87. The topological polar surface area (TPSA) is 71.5 Å². The van der Waals surface area contributed by atoms with E-state index in [0.29, 0.717) is 29.3 Å². The number of nitrogens with one attached hydrogen (secondary N) is 1. The Morgan fingerprint density at radius 2 is 2.00 bits per heavy atom. The third-order valence-corrected chi connectivity index (χ3v) is 6.71. The van der Waals surface area contributed by atoms with Gasteiger partial charge < -0.3 is 15.0 Å². The van der Waals surface area contributed by atoms with Gasteiger partial charge in [0.05, 0.1) is 12.2 Å². The van der Waals surface area contributed by atoms with Crippen molar-refractivity contribution in [2.24, 2.45) is 0 Å². The summed E-state index contributed by atoms with van der Waals surface area (Å²) in [6, 6.07) is 15.3. The molecule has 3 heterocycles. The van der Waals surface area contributed by atoms with Crippen molar-refractivity contribution in [2.45, 2.75) is 31.7 Å². The average molecular weight is 434 g/mol. The maximum absolute atomic E-state index is 13.2. The Morgan fingerprint density at radius 1 is 1.13 bits per heavy atom. The smallest absolute Gasteiger partial charge is 0.275 e. The molecule has 2 aromatic carbocycles. The number of piperidine rings is 1. The molecule has 1 saturated heterocycles. The minimum absolute atomic E-state index is 0.0180. The highest BCUT2D eigenvalue weighted by Gasteiger charge is 2.31. The number of rotatable bonds is 3. The van der Waals surface area contributed by atoms with Crippen LogP contribution in [0.15, 0.2) is 53.9 Å². The summed E-state index contributed by atoms with van der Waals surface area (Å²) in [7, 11) is 0. The number of hydrogen-bond acceptors (Lipinski definition) is 5. The number of amides is 2. The number of fused-ring (bicyclic) bond motifs is 2. The molecular weight excluding hydrogens is 410 g/mol. The number of thiazole rings is 1. The summed E-state index contributed by atoms with van der Waals surface area (Å²) in [6.07, 6.45) is 4.06. The van der Waals surface area contributed by atoms with Gasteiger partial charge in [-0.15, -0.1) is 11.3 Å². The van der Waals surface area contributed by atoms with Crippen LogP contribution < -0.4 is 10.1 Å². The third kappa shape index (κ3) is 4.05. The Hall–Kier alpha value is -3.19. The van der Waals surface area contributed by atoms with Crippen LogP contribution in [-0.2, 0) is 0 Å². The minimum Gasteiger partial charge on any atom is -0.493 e. The van der Waals surface area contributed by atoms with Crippen LogP contribution in [0.25, 0.3) is 10.6 Å². The summed E-state index contributed by atoms with van der Waals surface area (Å²) >= 11 is 1.43. The normalized spacial score (nSPS) is 18.3. The fourth-order valence-corrected chi connectivity index (χ4v) is 5.02. The lowest BCUT2D eigenvalue weighted by molar-refractivity contribution is 0.0548. The lowest BCUT2D eigenvalue weighted by atomic mass is 9.97. The zero-order valence-electron chi connectivity index (χ0n) is 17.0. The Bertz CT molecular complexity index is 1110. The predicted octanol–water partition coefficient (Wildman–Crippen LogP) is 4.84. The van der Waals surface area contributed by atoms with Crippen LogP contribution in [0.4, 0.5) is 5.69 Å². The van der Waals surface area contributed by atoms with E-state index in [9.17, 15) is 9.59 Å². The second-order valence-electron chi connectivity index (χ2n) is 7.85. The van der Waals surface area contributed by atoms with Gasteiger partial charge in [0.1, 0.15) is 16.5 Å². The Morgan fingerprint density at radius 3 is 2.87 bits per heavy atom. The molecule has 0 spiro atoms. The molecule has 3 aromatic rings. The van der Waals surface area contributed by atoms with Crippen LogP contribution in [0, 0.1) is 0 Å². The highest BCUT2D eigenvalue weighted by molar-refractivity contribution is 7.13. The first-order valence-corrected chi connectivity index (χ1v) is 11.5. The standard InChI is InChI=1S/C24H23N3O3S/c28-22(20-15-31-23(26-20)16-6-2-1-3-7-16)25-17-9-10-21-19(14-17)24(29)27-12-5-4-8-18(27)11-13-30-21/h1-3,6-7,9-10,14-15,18H,4-5,8,11-13H2,(H,25,28)/t18-/m1/s1. The van der Waals surface area contributed by atoms with Crippen molar-refractivity contribution in [2.75, 3.05) is 18.5 Å². The number of carbonyl (C=O) groups excluding carboxylic acids is 2. The van der Waals surface area contributed by atoms with Gasteiger partial charge in [0.2, 0.25) is 0 Å². The van der Waals surface area contributed by atoms with Crippen molar-refractivity contribution < 1.29 is 14.3 Å². The lowest BCUT2D eigenvalue weighted by Crippen LogP contribution is -2.45. The van der Waals surface area contributed by atoms with Crippen LogP contribution in [0.5, 0.6) is 5.75 Å². The molecule has 1 fully saturated rings. The molecule has 158 valence electrons. The first-order chi connectivity index (χ1) is 15.2. The molecule has 6 nitrogen and oxygen atoms in total. The summed E-state index contributed by atoms with van der Waals surface area (Å²) in [5.74, 6) is 0.260. The fourth-order valence-electron chi connectivity index (χ4n) is 4.21. The molecule has 2 aliphatic rings. The van der Waals surface area contributed by atoms with Crippen LogP contribution in [0.3, 0.4) is 0 Å². The molecule has 31 heavy (non-hydrogen) atoms. The van der Waals surface area contributed by atoms with Crippen molar-refractivity contribution >= 4 is 28.8 Å². The van der Waals surface area contributed by atoms with Crippen LogP contribution in [-0.4, -0.2) is 40.9 Å². The van der Waals surface area contributed by atoms with Crippen molar-refractivity contribution in [3.05, 3.63) is 65.2 Å². The van der Waals surface area contributed by atoms with Gasteiger partial charge in [-0.3, -0.25) is 9.59 Å². The van der Waals surface area contributed by atoms with Crippen molar-refractivity contribution in [1.82, 2.24) is 9.88 Å².